The first-order valence-corrected chi connectivity index (χ1v) is 7.31. The fourth-order valence-electron chi connectivity index (χ4n) is 0.625. The molecule has 0 atom stereocenters. The molecule has 0 radical (unpaired) electrons. The van der Waals surface area contributed by atoms with Gasteiger partial charge in [-0.05, 0) is 6.92 Å². The Bertz CT molecular complexity index is 427. The highest BCUT2D eigenvalue weighted by atomic mass is 32.2. The van der Waals surface area contributed by atoms with Crippen LogP contribution in [0.25, 0.3) is 0 Å². The topological polar surface area (TPSA) is 145 Å². The summed E-state index contributed by atoms with van der Waals surface area (Å²) in [4.78, 5) is 10.7. The molecule has 11 heteroatoms. The molecule has 0 saturated carbocycles. The van der Waals surface area contributed by atoms with Gasteiger partial charge in [-0.25, -0.2) is 23.1 Å². The first-order chi connectivity index (χ1) is 7.16. The Morgan fingerprint density at radius 1 is 1.31 bits per heavy atom. The summed E-state index contributed by atoms with van der Waals surface area (Å²) >= 11 is 0. The van der Waals surface area contributed by atoms with Crippen molar-refractivity contribution < 1.29 is 26.4 Å². The van der Waals surface area contributed by atoms with Crippen LogP contribution in [0.4, 0.5) is 4.79 Å². The summed E-state index contributed by atoms with van der Waals surface area (Å²) in [6.45, 7) is 1.08. The number of sulfonamides is 1. The molecule has 96 valence electrons. The second-order valence-electron chi connectivity index (χ2n) is 2.59. The highest BCUT2D eigenvalue weighted by molar-refractivity contribution is 7.89. The van der Waals surface area contributed by atoms with E-state index in [4.69, 9.17) is 0 Å². The Balaban J connectivity index is 4.12. The molecule has 0 bridgehead atoms. The van der Waals surface area contributed by atoms with Crippen LogP contribution in [-0.4, -0.2) is 41.8 Å². The number of amides is 1. The molecule has 0 unspecified atom stereocenters. The first-order valence-electron chi connectivity index (χ1n) is 4.11. The molecule has 0 aromatic carbocycles. The van der Waals surface area contributed by atoms with Crippen molar-refractivity contribution in [3.63, 3.8) is 0 Å². The van der Waals surface area contributed by atoms with E-state index < -0.39 is 38.6 Å². The van der Waals surface area contributed by atoms with Gasteiger partial charge in [0, 0.05) is 6.54 Å². The smallest absolute Gasteiger partial charge is 0.421 e. The highest BCUT2D eigenvalue weighted by Crippen LogP contribution is 1.83. The molecule has 1 amide bonds. The number of rotatable bonds is 6. The van der Waals surface area contributed by atoms with Crippen LogP contribution in [0.1, 0.15) is 6.92 Å². The Labute approximate surface area is 93.6 Å². The molecule has 0 aliphatic carbocycles. The van der Waals surface area contributed by atoms with Crippen molar-refractivity contribution in [3.8, 4) is 0 Å². The maximum atomic E-state index is 11.0. The number of hydrogen-bond donors (Lipinski definition) is 3. The summed E-state index contributed by atoms with van der Waals surface area (Å²) < 4.78 is 50.7. The third-order valence-corrected chi connectivity index (χ3v) is 2.96. The van der Waals surface area contributed by atoms with Crippen LogP contribution in [-0.2, 0) is 25.0 Å². The Hall–Kier alpha value is -0.910. The molecule has 0 aliphatic rings. The second-order valence-corrected chi connectivity index (χ2v) is 5.82. The van der Waals surface area contributed by atoms with Gasteiger partial charge in [0.25, 0.3) is 0 Å². The number of nitrogens with one attached hydrogen (secondary N) is 2. The second kappa shape index (κ2) is 5.98. The molecule has 0 heterocycles. The van der Waals surface area contributed by atoms with Gasteiger partial charge >= 0.3 is 16.3 Å². The van der Waals surface area contributed by atoms with E-state index in [9.17, 15) is 21.6 Å². The minimum absolute atomic E-state index is 0.0124. The van der Waals surface area contributed by atoms with Crippen molar-refractivity contribution in [1.82, 2.24) is 9.44 Å². The van der Waals surface area contributed by atoms with Crippen LogP contribution >= 0.6 is 0 Å². The fraction of sp³-hybridized carbons (Fsp3) is 0.800. The third kappa shape index (κ3) is 8.40. The van der Waals surface area contributed by atoms with Gasteiger partial charge < -0.3 is 4.74 Å². The number of hydrogen-bond acceptors (Lipinski definition) is 6. The molecule has 9 nitrogen and oxygen atoms in total. The van der Waals surface area contributed by atoms with E-state index in [0.717, 1.165) is 0 Å². The molecular formula is C5H13N3O6S2. The van der Waals surface area contributed by atoms with Gasteiger partial charge in [0.05, 0.1) is 12.4 Å². The fourth-order valence-corrected chi connectivity index (χ4v) is 1.86. The zero-order valence-corrected chi connectivity index (χ0v) is 10.1. The van der Waals surface area contributed by atoms with Crippen molar-refractivity contribution >= 4 is 26.3 Å². The van der Waals surface area contributed by atoms with Crippen molar-refractivity contribution in [1.29, 1.82) is 0 Å². The molecule has 4 N–H and O–H groups in total. The van der Waals surface area contributed by atoms with Crippen LogP contribution in [0, 0.1) is 0 Å². The summed E-state index contributed by atoms with van der Waals surface area (Å²) in [7, 11) is -7.88. The molecule has 0 saturated heterocycles. The lowest BCUT2D eigenvalue weighted by Gasteiger charge is -2.07. The lowest BCUT2D eigenvalue weighted by molar-refractivity contribution is 0.158. The Morgan fingerprint density at radius 3 is 2.31 bits per heavy atom. The van der Waals surface area contributed by atoms with Gasteiger partial charge in [-0.1, -0.05) is 0 Å². The van der Waals surface area contributed by atoms with E-state index in [2.05, 4.69) is 9.88 Å². The number of nitrogens with two attached hydrogens (primary N) is 1. The summed E-state index contributed by atoms with van der Waals surface area (Å²) in [5.74, 6) is -0.573. The lowest BCUT2D eigenvalue weighted by Crippen LogP contribution is -2.42. The third-order valence-electron chi connectivity index (χ3n) is 1.17. The lowest BCUT2D eigenvalue weighted by atomic mass is 10.8. The number of carbonyl (C=O) groups is 1. The predicted molar refractivity (Wildman–Crippen MR) is 55.1 cm³/mol. The van der Waals surface area contributed by atoms with E-state index in [1.165, 1.54) is 11.6 Å². The highest BCUT2D eigenvalue weighted by Gasteiger charge is 2.15. The predicted octanol–water partition coefficient (Wildman–Crippen LogP) is -2.14. The van der Waals surface area contributed by atoms with E-state index >= 15 is 0 Å². The largest absolute Gasteiger partial charge is 0.449 e. The van der Waals surface area contributed by atoms with E-state index in [1.54, 1.807) is 4.72 Å². The molecule has 16 heavy (non-hydrogen) atoms. The molecule has 0 rings (SSSR count). The van der Waals surface area contributed by atoms with E-state index in [0.29, 0.717) is 0 Å². The maximum absolute atomic E-state index is 11.0. The normalized spacial score (nSPS) is 12.1. The van der Waals surface area contributed by atoms with Crippen molar-refractivity contribution in [2.75, 3.05) is 18.9 Å². The Morgan fingerprint density at radius 2 is 1.88 bits per heavy atom. The first kappa shape index (κ1) is 15.1. The van der Waals surface area contributed by atoms with Crippen LogP contribution in [0.15, 0.2) is 0 Å². The average Bonchev–Trinajstić information content (AvgIpc) is 1.99. The molecule has 0 aliphatic heterocycles. The van der Waals surface area contributed by atoms with Gasteiger partial charge in [-0.15, -0.1) is 0 Å². The van der Waals surface area contributed by atoms with Crippen LogP contribution < -0.4 is 14.6 Å². The van der Waals surface area contributed by atoms with Gasteiger partial charge in [-0.3, -0.25) is 0 Å². The SMILES string of the molecule is CCOC(=O)NS(=O)(=O)NCCS(N)(=O)=O. The van der Waals surface area contributed by atoms with E-state index in [-0.39, 0.29) is 6.61 Å². The summed E-state index contributed by atoms with van der Waals surface area (Å²) in [6, 6.07) is 0. The van der Waals surface area contributed by atoms with Crippen molar-refractivity contribution in [2.45, 2.75) is 6.92 Å². The quantitative estimate of drug-likeness (QED) is 0.504. The standard InChI is InChI=1S/C5H13N3O6S2/c1-2-14-5(9)8-16(12,13)7-3-4-15(6,10)11/h7H,2-4H2,1H3,(H,8,9)(H2,6,10,11). The maximum Gasteiger partial charge on any atom is 0.421 e. The molecule has 0 aromatic heterocycles. The molecule has 0 fully saturated rings. The average molecular weight is 275 g/mol. The van der Waals surface area contributed by atoms with E-state index in [1.807, 2.05) is 0 Å². The molecular weight excluding hydrogens is 262 g/mol. The molecule has 0 spiro atoms. The minimum Gasteiger partial charge on any atom is -0.449 e. The summed E-state index contributed by atoms with van der Waals surface area (Å²) in [6.07, 6.45) is -1.15. The number of carbonyl (C=O) groups excluding carboxylic acids is 1. The number of primary sulfonamides is 1. The molecule has 0 aromatic rings. The van der Waals surface area contributed by atoms with Crippen LogP contribution in [0.5, 0.6) is 0 Å². The van der Waals surface area contributed by atoms with Gasteiger partial charge in [-0.2, -0.15) is 13.1 Å². The van der Waals surface area contributed by atoms with Gasteiger partial charge in [0.15, 0.2) is 0 Å². The zero-order valence-electron chi connectivity index (χ0n) is 8.46. The zero-order chi connectivity index (χ0) is 12.8. The number of ether oxygens (including phenoxy) is 1. The van der Waals surface area contributed by atoms with Crippen molar-refractivity contribution in [3.05, 3.63) is 0 Å². The van der Waals surface area contributed by atoms with Crippen molar-refractivity contribution in [2.24, 2.45) is 5.14 Å². The summed E-state index contributed by atoms with van der Waals surface area (Å²) in [5, 5.41) is 4.64. The Kier molecular flexibility index (Phi) is 5.64. The van der Waals surface area contributed by atoms with Crippen LogP contribution in [0.3, 0.4) is 0 Å². The summed E-state index contributed by atoms with van der Waals surface area (Å²) in [5.41, 5.74) is 0. The monoisotopic (exact) mass is 275 g/mol. The minimum atomic E-state index is -4.12. The van der Waals surface area contributed by atoms with Gasteiger partial charge in [0.2, 0.25) is 10.0 Å². The van der Waals surface area contributed by atoms with Crippen LogP contribution in [0.2, 0.25) is 0 Å². The van der Waals surface area contributed by atoms with Gasteiger partial charge in [0.1, 0.15) is 0 Å².